The molecule has 272 valence electrons. The van der Waals surface area contributed by atoms with E-state index in [4.69, 9.17) is 0 Å². The second-order valence-corrected chi connectivity index (χ2v) is 12.4. The Morgan fingerprint density at radius 3 is 2.04 bits per heavy atom. The molecule has 1 unspecified atom stereocenters. The van der Waals surface area contributed by atoms with Crippen molar-refractivity contribution >= 4 is 41.1 Å². The fourth-order valence-corrected chi connectivity index (χ4v) is 5.90. The zero-order chi connectivity index (χ0) is 37.6. The number of anilines is 4. The molecule has 5 N–H and O–H groups in total. The van der Waals surface area contributed by atoms with Gasteiger partial charge in [-0.25, -0.2) is 4.98 Å². The quantitative estimate of drug-likeness (QED) is 0.132. The first-order chi connectivity index (χ1) is 26.9. The number of H-pyrrole nitrogens is 2. The van der Waals surface area contributed by atoms with Crippen molar-refractivity contribution in [3.63, 3.8) is 0 Å². The van der Waals surface area contributed by atoms with E-state index in [0.717, 1.165) is 13.0 Å². The lowest BCUT2D eigenvalue weighted by Crippen LogP contribution is -2.41. The Bertz CT molecular complexity index is 2440. The van der Waals surface area contributed by atoms with Crippen molar-refractivity contribution in [2.75, 3.05) is 33.9 Å². The monoisotopic (exact) mass is 733 g/mol. The summed E-state index contributed by atoms with van der Waals surface area (Å²) >= 11 is 0. The summed E-state index contributed by atoms with van der Waals surface area (Å²) in [4.78, 5) is 71.6. The molecule has 1 aromatic carbocycles. The predicted octanol–water partition coefficient (Wildman–Crippen LogP) is 4.26. The second-order valence-electron chi connectivity index (χ2n) is 12.4. The number of nitrogens with one attached hydrogen (secondary N) is 5. The van der Waals surface area contributed by atoms with Gasteiger partial charge < -0.3 is 10.2 Å². The minimum absolute atomic E-state index is 0.106. The number of hydrogen-bond acceptors (Lipinski definition) is 13. The lowest BCUT2D eigenvalue weighted by Gasteiger charge is -2.32. The minimum Gasteiger partial charge on any atom is -0.355 e. The fraction of sp³-hybridized carbons (Fsp3) is 0.135. The summed E-state index contributed by atoms with van der Waals surface area (Å²) < 4.78 is 0. The molecule has 3 amide bonds. The summed E-state index contributed by atoms with van der Waals surface area (Å²) in [6, 6.07) is 20.6. The third-order valence-corrected chi connectivity index (χ3v) is 8.69. The third-order valence-electron chi connectivity index (χ3n) is 8.69. The number of nitrogens with zero attached hydrogens (tertiary/aromatic N) is 10. The first-order valence-corrected chi connectivity index (χ1v) is 17.2. The SMILES string of the molecule is O=C(Nc1n[nH]c(-c2ccccn2)n1)c1ccc(NC(=O)c2cc(-c3cnc(N4CCCC(C(=O)Nc5n[nH]c(-c6ccccn6)n5)C4)cn3)ccn2)cc1. The molecule has 8 rings (SSSR count). The average Bonchev–Trinajstić information content (AvgIpc) is 3.92. The van der Waals surface area contributed by atoms with Crippen LogP contribution in [0.4, 0.5) is 23.4 Å². The zero-order valence-electron chi connectivity index (χ0n) is 28.9. The lowest BCUT2D eigenvalue weighted by molar-refractivity contribution is -0.120. The van der Waals surface area contributed by atoms with Gasteiger partial charge in [0.05, 0.1) is 24.0 Å². The van der Waals surface area contributed by atoms with Gasteiger partial charge in [0.25, 0.3) is 11.8 Å². The number of amides is 3. The molecule has 7 heterocycles. The van der Waals surface area contributed by atoms with Gasteiger partial charge >= 0.3 is 0 Å². The van der Waals surface area contributed by atoms with Gasteiger partial charge in [0.1, 0.15) is 22.9 Å². The van der Waals surface area contributed by atoms with E-state index in [0.29, 0.717) is 64.3 Å². The van der Waals surface area contributed by atoms with Gasteiger partial charge in [0, 0.05) is 48.5 Å². The molecule has 55 heavy (non-hydrogen) atoms. The highest BCUT2D eigenvalue weighted by atomic mass is 16.2. The van der Waals surface area contributed by atoms with Crippen LogP contribution in [0.2, 0.25) is 0 Å². The van der Waals surface area contributed by atoms with Crippen LogP contribution >= 0.6 is 0 Å². The van der Waals surface area contributed by atoms with Crippen molar-refractivity contribution in [1.29, 1.82) is 0 Å². The van der Waals surface area contributed by atoms with Gasteiger partial charge in [-0.05, 0) is 73.5 Å². The Kier molecular flexibility index (Phi) is 9.65. The highest BCUT2D eigenvalue weighted by molar-refractivity contribution is 6.05. The van der Waals surface area contributed by atoms with Crippen LogP contribution in [0, 0.1) is 5.92 Å². The number of pyridine rings is 3. The van der Waals surface area contributed by atoms with Crippen LogP contribution in [0.25, 0.3) is 34.3 Å². The summed E-state index contributed by atoms with van der Waals surface area (Å²) in [5, 5.41) is 22.0. The number of aromatic nitrogens is 11. The van der Waals surface area contributed by atoms with E-state index in [9.17, 15) is 14.4 Å². The molecule has 0 saturated carbocycles. The number of carbonyl (C=O) groups excluding carboxylic acids is 3. The third kappa shape index (κ3) is 8.02. The Morgan fingerprint density at radius 1 is 0.673 bits per heavy atom. The topological polar surface area (TPSA) is 238 Å². The first kappa shape index (κ1) is 34.3. The second kappa shape index (κ2) is 15.5. The maximum absolute atomic E-state index is 13.1. The number of benzene rings is 1. The fourth-order valence-electron chi connectivity index (χ4n) is 5.90. The molecule has 1 fully saturated rings. The van der Waals surface area contributed by atoms with Gasteiger partial charge in [-0.2, -0.15) is 9.97 Å². The number of piperidine rings is 1. The van der Waals surface area contributed by atoms with E-state index in [2.05, 4.69) is 71.2 Å². The molecule has 0 spiro atoms. The zero-order valence-corrected chi connectivity index (χ0v) is 28.9. The molecule has 7 aromatic rings. The molecule has 6 aromatic heterocycles. The largest absolute Gasteiger partial charge is 0.355 e. The van der Waals surface area contributed by atoms with Gasteiger partial charge in [0.2, 0.25) is 17.8 Å². The smallest absolute Gasteiger partial charge is 0.274 e. The van der Waals surface area contributed by atoms with E-state index in [1.165, 1.54) is 6.20 Å². The molecule has 0 radical (unpaired) electrons. The maximum Gasteiger partial charge on any atom is 0.274 e. The van der Waals surface area contributed by atoms with Crippen LogP contribution in [0.5, 0.6) is 0 Å². The molecule has 18 nitrogen and oxygen atoms in total. The Morgan fingerprint density at radius 2 is 1.38 bits per heavy atom. The van der Waals surface area contributed by atoms with Crippen LogP contribution < -0.4 is 20.9 Å². The van der Waals surface area contributed by atoms with Crippen molar-refractivity contribution in [3.8, 4) is 34.3 Å². The first-order valence-electron chi connectivity index (χ1n) is 17.2. The van der Waals surface area contributed by atoms with Crippen LogP contribution in [0.15, 0.2) is 104 Å². The lowest BCUT2D eigenvalue weighted by atomic mass is 9.97. The summed E-state index contributed by atoms with van der Waals surface area (Å²) in [7, 11) is 0. The Labute approximate surface area is 312 Å². The summed E-state index contributed by atoms with van der Waals surface area (Å²) in [6.45, 7) is 1.18. The highest BCUT2D eigenvalue weighted by Crippen LogP contribution is 2.25. The van der Waals surface area contributed by atoms with Gasteiger partial charge in [0.15, 0.2) is 11.6 Å². The van der Waals surface area contributed by atoms with Crippen LogP contribution in [-0.2, 0) is 4.79 Å². The standard InChI is InChI=1S/C37H31N15O3/c53-33(46-36-44-31(48-50-36)26-7-1-3-14-38-26)22-9-11-25(12-10-22)43-35(55)28-18-23(13-16-40-28)29-19-42-30(20-41-29)52-17-5-6-24(21-52)34(54)47-37-45-32(49-51-37)27-8-2-4-15-39-27/h1-4,7-16,18-20,24H,5-6,17,21H2,(H,43,55)(H2,44,46,48,50,53)(H2,45,47,49,51,54). The van der Waals surface area contributed by atoms with Crippen LogP contribution in [0.1, 0.15) is 33.7 Å². The maximum atomic E-state index is 13.1. The number of aromatic amines is 2. The van der Waals surface area contributed by atoms with Gasteiger partial charge in [-0.15, -0.1) is 10.2 Å². The normalized spacial score (nSPS) is 13.9. The highest BCUT2D eigenvalue weighted by Gasteiger charge is 2.28. The van der Waals surface area contributed by atoms with Gasteiger partial charge in [-0.3, -0.25) is 55.2 Å². The Balaban J connectivity index is 0.853. The average molecular weight is 734 g/mol. The summed E-state index contributed by atoms with van der Waals surface area (Å²) in [5.74, 6) is 0.480. The van der Waals surface area contributed by atoms with E-state index in [-0.39, 0.29) is 29.4 Å². The van der Waals surface area contributed by atoms with Crippen molar-refractivity contribution in [2.24, 2.45) is 5.92 Å². The summed E-state index contributed by atoms with van der Waals surface area (Å²) in [6.07, 6.45) is 9.61. The van der Waals surface area contributed by atoms with Crippen LogP contribution in [0.3, 0.4) is 0 Å². The van der Waals surface area contributed by atoms with Gasteiger partial charge in [-0.1, -0.05) is 12.1 Å². The number of rotatable bonds is 10. The van der Waals surface area contributed by atoms with Crippen molar-refractivity contribution in [1.82, 2.24) is 55.3 Å². The molecule has 1 saturated heterocycles. The van der Waals surface area contributed by atoms with Crippen molar-refractivity contribution < 1.29 is 14.4 Å². The molecule has 0 bridgehead atoms. The molecule has 1 atom stereocenters. The van der Waals surface area contributed by atoms with Crippen molar-refractivity contribution in [3.05, 3.63) is 115 Å². The van der Waals surface area contributed by atoms with E-state index in [1.54, 1.807) is 79.4 Å². The minimum atomic E-state index is -0.443. The van der Waals surface area contributed by atoms with E-state index >= 15 is 0 Å². The molecule has 18 heteroatoms. The van der Waals surface area contributed by atoms with E-state index < -0.39 is 11.8 Å². The number of hydrogen-bond donors (Lipinski definition) is 5. The van der Waals surface area contributed by atoms with Crippen LogP contribution in [-0.4, -0.2) is 86.1 Å². The molecule has 0 aliphatic carbocycles. The molecule has 1 aliphatic rings. The summed E-state index contributed by atoms with van der Waals surface area (Å²) in [5.41, 5.74) is 3.40. The molecular weight excluding hydrogens is 703 g/mol. The van der Waals surface area contributed by atoms with Crippen molar-refractivity contribution in [2.45, 2.75) is 12.8 Å². The van der Waals surface area contributed by atoms with E-state index in [1.807, 2.05) is 23.1 Å². The number of carbonyl (C=O) groups is 3. The predicted molar refractivity (Wildman–Crippen MR) is 200 cm³/mol. The Hall–Kier alpha value is -7.76. The molecular formula is C37H31N15O3. The molecule has 1 aliphatic heterocycles.